The Bertz CT molecular complexity index is 712. The van der Waals surface area contributed by atoms with Crippen LogP contribution in [0.2, 0.25) is 0 Å². The van der Waals surface area contributed by atoms with Gasteiger partial charge in [0.25, 0.3) is 0 Å². The van der Waals surface area contributed by atoms with Gasteiger partial charge in [-0.25, -0.2) is 0 Å². The van der Waals surface area contributed by atoms with Crippen molar-refractivity contribution in [3.8, 4) is 23.0 Å². The molecule has 0 aliphatic carbocycles. The number of ether oxygens (including phenoxy) is 4. The second-order valence-electron chi connectivity index (χ2n) is 5.32. The van der Waals surface area contributed by atoms with Crippen LogP contribution in [0.15, 0.2) is 36.4 Å². The molecule has 0 aromatic heterocycles. The van der Waals surface area contributed by atoms with Crippen LogP contribution in [0.1, 0.15) is 11.1 Å². The molecule has 2 aromatic rings. The quantitative estimate of drug-likeness (QED) is 0.797. The number of methoxy groups -OCH3 is 4. The smallest absolute Gasteiger partial charge is 0.224 e. The van der Waals surface area contributed by atoms with Crippen molar-refractivity contribution in [2.45, 2.75) is 13.0 Å². The average molecular weight is 345 g/mol. The van der Waals surface area contributed by atoms with E-state index in [2.05, 4.69) is 5.32 Å². The first-order chi connectivity index (χ1) is 12.1. The molecule has 0 saturated carbocycles. The third-order valence-corrected chi connectivity index (χ3v) is 3.79. The molecule has 1 amide bonds. The van der Waals surface area contributed by atoms with Gasteiger partial charge in [-0.15, -0.1) is 0 Å². The van der Waals surface area contributed by atoms with E-state index in [1.807, 2.05) is 24.3 Å². The fourth-order valence-corrected chi connectivity index (χ4v) is 2.42. The maximum atomic E-state index is 12.2. The number of carbonyl (C=O) groups excluding carboxylic acids is 1. The number of amides is 1. The monoisotopic (exact) mass is 345 g/mol. The molecule has 0 fully saturated rings. The van der Waals surface area contributed by atoms with Crippen molar-refractivity contribution in [1.29, 1.82) is 0 Å². The molecule has 2 rings (SSSR count). The number of hydrogen-bond donors (Lipinski definition) is 1. The Hall–Kier alpha value is -2.89. The van der Waals surface area contributed by atoms with Crippen molar-refractivity contribution in [3.63, 3.8) is 0 Å². The maximum absolute atomic E-state index is 12.2. The lowest BCUT2D eigenvalue weighted by Gasteiger charge is -2.14. The van der Waals surface area contributed by atoms with Crippen LogP contribution in [-0.2, 0) is 17.8 Å². The van der Waals surface area contributed by atoms with E-state index in [0.29, 0.717) is 30.2 Å². The molecule has 25 heavy (non-hydrogen) atoms. The molecule has 2 aromatic carbocycles. The van der Waals surface area contributed by atoms with Gasteiger partial charge in [-0.3, -0.25) is 4.79 Å². The van der Waals surface area contributed by atoms with Gasteiger partial charge in [0.2, 0.25) is 5.91 Å². The maximum Gasteiger partial charge on any atom is 0.224 e. The van der Waals surface area contributed by atoms with Crippen LogP contribution >= 0.6 is 0 Å². The molecule has 0 aliphatic heterocycles. The first-order valence-corrected chi connectivity index (χ1v) is 7.79. The van der Waals surface area contributed by atoms with Gasteiger partial charge in [-0.05, 0) is 23.8 Å². The molecular formula is C19H23NO5. The lowest BCUT2D eigenvalue weighted by molar-refractivity contribution is -0.120. The SMILES string of the molecule is COc1ccc(CC(=O)NCc2cc(OC)c(OC)cc2OC)cc1. The number of carbonyl (C=O) groups is 1. The molecule has 0 unspecified atom stereocenters. The van der Waals surface area contributed by atoms with Crippen molar-refractivity contribution in [2.75, 3.05) is 28.4 Å². The summed E-state index contributed by atoms with van der Waals surface area (Å²) in [4.78, 5) is 12.2. The third kappa shape index (κ3) is 4.79. The van der Waals surface area contributed by atoms with Crippen molar-refractivity contribution < 1.29 is 23.7 Å². The molecule has 0 spiro atoms. The molecule has 6 nitrogen and oxygen atoms in total. The standard InChI is InChI=1S/C19H23NO5/c1-22-15-7-5-13(6-8-15)9-19(21)20-12-14-10-17(24-3)18(25-4)11-16(14)23-2/h5-8,10-11H,9,12H2,1-4H3,(H,20,21). The number of benzene rings is 2. The van der Waals surface area contributed by atoms with Gasteiger partial charge in [-0.1, -0.05) is 12.1 Å². The average Bonchev–Trinajstić information content (AvgIpc) is 2.66. The molecular weight excluding hydrogens is 322 g/mol. The summed E-state index contributed by atoms with van der Waals surface area (Å²) in [5.41, 5.74) is 1.72. The number of nitrogens with one attached hydrogen (secondary N) is 1. The Kier molecular flexibility index (Phi) is 6.51. The highest BCUT2D eigenvalue weighted by Crippen LogP contribution is 2.34. The molecule has 0 bridgehead atoms. The molecule has 0 aliphatic rings. The highest BCUT2D eigenvalue weighted by molar-refractivity contribution is 5.78. The topological polar surface area (TPSA) is 66.0 Å². The molecule has 0 saturated heterocycles. The van der Waals surface area contributed by atoms with E-state index in [0.717, 1.165) is 16.9 Å². The predicted octanol–water partition coefficient (Wildman–Crippen LogP) is 2.58. The van der Waals surface area contributed by atoms with Crippen molar-refractivity contribution >= 4 is 5.91 Å². The lowest BCUT2D eigenvalue weighted by atomic mass is 10.1. The van der Waals surface area contributed by atoms with Crippen LogP contribution < -0.4 is 24.3 Å². The van der Waals surface area contributed by atoms with E-state index in [1.54, 1.807) is 40.6 Å². The van der Waals surface area contributed by atoms with E-state index < -0.39 is 0 Å². The second-order valence-corrected chi connectivity index (χ2v) is 5.32. The van der Waals surface area contributed by atoms with Crippen molar-refractivity contribution in [1.82, 2.24) is 5.32 Å². The van der Waals surface area contributed by atoms with Crippen molar-refractivity contribution in [2.24, 2.45) is 0 Å². The largest absolute Gasteiger partial charge is 0.497 e. The summed E-state index contributed by atoms with van der Waals surface area (Å²) in [6.07, 6.45) is 0.291. The van der Waals surface area contributed by atoms with E-state index in [-0.39, 0.29) is 5.91 Å². The molecule has 0 atom stereocenters. The Morgan fingerprint density at radius 3 is 2.00 bits per heavy atom. The van der Waals surface area contributed by atoms with Crippen LogP contribution in [-0.4, -0.2) is 34.3 Å². The molecule has 0 radical (unpaired) electrons. The van der Waals surface area contributed by atoms with E-state index >= 15 is 0 Å². The van der Waals surface area contributed by atoms with Gasteiger partial charge in [-0.2, -0.15) is 0 Å². The fourth-order valence-electron chi connectivity index (χ4n) is 2.42. The predicted molar refractivity (Wildman–Crippen MR) is 94.6 cm³/mol. The number of hydrogen-bond acceptors (Lipinski definition) is 5. The van der Waals surface area contributed by atoms with Gasteiger partial charge >= 0.3 is 0 Å². The van der Waals surface area contributed by atoms with Gasteiger partial charge in [0, 0.05) is 18.2 Å². The normalized spacial score (nSPS) is 10.1. The minimum Gasteiger partial charge on any atom is -0.497 e. The highest BCUT2D eigenvalue weighted by atomic mass is 16.5. The van der Waals surface area contributed by atoms with Crippen LogP contribution in [0.5, 0.6) is 23.0 Å². The van der Waals surface area contributed by atoms with Crippen LogP contribution in [0, 0.1) is 0 Å². The summed E-state index contributed by atoms with van der Waals surface area (Å²) >= 11 is 0. The van der Waals surface area contributed by atoms with E-state index in [9.17, 15) is 4.79 Å². The molecule has 1 N–H and O–H groups in total. The summed E-state index contributed by atoms with van der Waals surface area (Å²) in [5.74, 6) is 2.47. The van der Waals surface area contributed by atoms with Crippen LogP contribution in [0.3, 0.4) is 0 Å². The Morgan fingerprint density at radius 1 is 0.840 bits per heavy atom. The zero-order valence-electron chi connectivity index (χ0n) is 14.9. The summed E-state index contributed by atoms with van der Waals surface area (Å²) in [6.45, 7) is 0.332. The van der Waals surface area contributed by atoms with E-state index in [1.165, 1.54) is 0 Å². The Labute approximate surface area is 147 Å². The third-order valence-electron chi connectivity index (χ3n) is 3.79. The Balaban J connectivity index is 2.02. The first kappa shape index (κ1) is 18.4. The number of rotatable bonds is 8. The Morgan fingerprint density at radius 2 is 1.44 bits per heavy atom. The zero-order valence-corrected chi connectivity index (χ0v) is 14.9. The van der Waals surface area contributed by atoms with Gasteiger partial charge in [0.05, 0.1) is 34.9 Å². The summed E-state index contributed by atoms with van der Waals surface area (Å²) in [5, 5.41) is 2.89. The summed E-state index contributed by atoms with van der Waals surface area (Å²) < 4.78 is 21.0. The van der Waals surface area contributed by atoms with Gasteiger partial charge in [0.1, 0.15) is 11.5 Å². The minimum absolute atomic E-state index is 0.0815. The molecule has 6 heteroatoms. The highest BCUT2D eigenvalue weighted by Gasteiger charge is 2.13. The molecule has 134 valence electrons. The summed E-state index contributed by atoms with van der Waals surface area (Å²) in [7, 11) is 6.31. The lowest BCUT2D eigenvalue weighted by Crippen LogP contribution is -2.24. The zero-order chi connectivity index (χ0) is 18.2. The molecule has 0 heterocycles. The van der Waals surface area contributed by atoms with Crippen LogP contribution in [0.4, 0.5) is 0 Å². The van der Waals surface area contributed by atoms with Crippen molar-refractivity contribution in [3.05, 3.63) is 47.5 Å². The minimum atomic E-state index is -0.0815. The van der Waals surface area contributed by atoms with Gasteiger partial charge in [0.15, 0.2) is 11.5 Å². The second kappa shape index (κ2) is 8.82. The van der Waals surface area contributed by atoms with E-state index in [4.69, 9.17) is 18.9 Å². The fraction of sp³-hybridized carbons (Fsp3) is 0.316. The van der Waals surface area contributed by atoms with Crippen LogP contribution in [0.25, 0.3) is 0 Å². The first-order valence-electron chi connectivity index (χ1n) is 7.79. The summed E-state index contributed by atoms with van der Waals surface area (Å²) in [6, 6.07) is 10.9. The van der Waals surface area contributed by atoms with Gasteiger partial charge < -0.3 is 24.3 Å².